The Morgan fingerprint density at radius 3 is 2.37 bits per heavy atom. The van der Waals surface area contributed by atoms with Gasteiger partial charge in [0.2, 0.25) is 12.2 Å². The summed E-state index contributed by atoms with van der Waals surface area (Å²) in [5.41, 5.74) is 8.96. The Labute approximate surface area is 201 Å². The van der Waals surface area contributed by atoms with Crippen LogP contribution in [0.1, 0.15) is 19.1 Å². The average molecular weight is 481 g/mol. The number of alkyl halides is 3. The van der Waals surface area contributed by atoms with Crippen LogP contribution in [0.4, 0.5) is 24.8 Å². The SMILES string of the molecule is CN1CCC(Nc2cccc3c2cc(-c2cc(-c4ccccc4)nc(N)n2)n3C(F)C(F)F)CC1. The fraction of sp³-hybridized carbons (Fsp3) is 0.308. The van der Waals surface area contributed by atoms with Crippen molar-refractivity contribution in [2.75, 3.05) is 31.2 Å². The number of rotatable bonds is 6. The lowest BCUT2D eigenvalue weighted by atomic mass is 10.0. The van der Waals surface area contributed by atoms with Crippen molar-refractivity contribution < 1.29 is 13.2 Å². The van der Waals surface area contributed by atoms with Gasteiger partial charge in [-0.1, -0.05) is 36.4 Å². The van der Waals surface area contributed by atoms with Crippen molar-refractivity contribution in [2.24, 2.45) is 0 Å². The number of likely N-dealkylation sites (tertiary alicyclic amines) is 1. The van der Waals surface area contributed by atoms with Crippen LogP contribution in [0.2, 0.25) is 0 Å². The zero-order chi connectivity index (χ0) is 24.5. The van der Waals surface area contributed by atoms with Gasteiger partial charge in [-0.25, -0.2) is 23.1 Å². The number of aromatic nitrogens is 3. The van der Waals surface area contributed by atoms with Gasteiger partial charge < -0.3 is 20.5 Å². The summed E-state index contributed by atoms with van der Waals surface area (Å²) in [7, 11) is 2.09. The molecular formula is C26H27F3N6. The first kappa shape index (κ1) is 23.2. The van der Waals surface area contributed by atoms with Crippen molar-refractivity contribution in [1.82, 2.24) is 19.4 Å². The fourth-order valence-electron chi connectivity index (χ4n) is 4.68. The van der Waals surface area contributed by atoms with E-state index in [9.17, 15) is 8.78 Å². The molecule has 0 aliphatic carbocycles. The number of nitrogens with one attached hydrogen (secondary N) is 1. The molecule has 3 N–H and O–H groups in total. The number of hydrogen-bond donors (Lipinski definition) is 2. The van der Waals surface area contributed by atoms with Crippen LogP contribution < -0.4 is 11.1 Å². The standard InChI is InChI=1S/C26H27F3N6/c1-34-12-10-17(11-13-34)31-19-8-5-9-22-18(19)14-23(35(22)25(29)24(27)28)21-15-20(32-26(30)33-21)16-6-3-2-4-7-16/h2-9,14-15,17,24-25,31H,10-13H2,1H3,(H2,30,32,33). The molecule has 6 nitrogen and oxygen atoms in total. The lowest BCUT2D eigenvalue weighted by Crippen LogP contribution is -2.36. The van der Waals surface area contributed by atoms with Gasteiger partial charge in [-0.05, 0) is 57.2 Å². The van der Waals surface area contributed by atoms with E-state index in [-0.39, 0.29) is 23.4 Å². The first-order valence-corrected chi connectivity index (χ1v) is 11.6. The molecule has 0 amide bonds. The topological polar surface area (TPSA) is 72.0 Å². The van der Waals surface area contributed by atoms with Crippen molar-refractivity contribution in [3.8, 4) is 22.6 Å². The maximum absolute atomic E-state index is 15.0. The Balaban J connectivity index is 1.64. The van der Waals surface area contributed by atoms with Gasteiger partial charge in [0.05, 0.1) is 22.6 Å². The van der Waals surface area contributed by atoms with Crippen molar-refractivity contribution in [3.63, 3.8) is 0 Å². The van der Waals surface area contributed by atoms with E-state index in [4.69, 9.17) is 5.73 Å². The molecule has 1 fully saturated rings. The van der Waals surface area contributed by atoms with Crippen molar-refractivity contribution in [2.45, 2.75) is 31.6 Å². The molecule has 1 aliphatic rings. The van der Waals surface area contributed by atoms with E-state index in [1.807, 2.05) is 36.4 Å². The molecule has 2 aromatic carbocycles. The molecule has 1 saturated heterocycles. The van der Waals surface area contributed by atoms with Gasteiger partial charge >= 0.3 is 0 Å². The Hall–Kier alpha value is -3.59. The number of fused-ring (bicyclic) bond motifs is 1. The molecule has 5 rings (SSSR count). The molecule has 0 bridgehead atoms. The number of hydrogen-bond acceptors (Lipinski definition) is 5. The molecule has 1 aliphatic heterocycles. The van der Waals surface area contributed by atoms with Crippen LogP contribution >= 0.6 is 0 Å². The number of nitrogens with two attached hydrogens (primary N) is 1. The van der Waals surface area contributed by atoms with Gasteiger partial charge in [-0.2, -0.15) is 0 Å². The van der Waals surface area contributed by atoms with Crippen molar-refractivity contribution in [1.29, 1.82) is 0 Å². The summed E-state index contributed by atoms with van der Waals surface area (Å²) in [6, 6.07) is 18.2. The molecule has 9 heteroatoms. The van der Waals surface area contributed by atoms with Crippen molar-refractivity contribution >= 4 is 22.5 Å². The number of nitrogens with zero attached hydrogens (tertiary/aromatic N) is 4. The van der Waals surface area contributed by atoms with Gasteiger partial charge in [0.1, 0.15) is 0 Å². The number of nitrogen functional groups attached to an aromatic ring is 1. The van der Waals surface area contributed by atoms with Gasteiger partial charge in [-0.3, -0.25) is 0 Å². The average Bonchev–Trinajstić information content (AvgIpc) is 3.25. The third-order valence-electron chi connectivity index (χ3n) is 6.49. The zero-order valence-corrected chi connectivity index (χ0v) is 19.3. The Kier molecular flexibility index (Phi) is 6.34. The van der Waals surface area contributed by atoms with E-state index in [1.165, 1.54) is 0 Å². The lowest BCUT2D eigenvalue weighted by Gasteiger charge is -2.30. The molecule has 2 aromatic heterocycles. The van der Waals surface area contributed by atoms with Gasteiger partial charge in [0, 0.05) is 22.7 Å². The molecule has 0 saturated carbocycles. The minimum Gasteiger partial charge on any atom is -0.382 e. The van der Waals surface area contributed by atoms with Gasteiger partial charge in [0.15, 0.2) is 0 Å². The predicted octanol–water partition coefficient (Wildman–Crippen LogP) is 5.59. The van der Waals surface area contributed by atoms with E-state index in [0.717, 1.165) is 41.7 Å². The minimum absolute atomic E-state index is 0.0183. The number of halogens is 3. The van der Waals surface area contributed by atoms with Crippen molar-refractivity contribution in [3.05, 3.63) is 60.7 Å². The number of anilines is 2. The third kappa shape index (κ3) is 4.68. The minimum atomic E-state index is -3.21. The van der Waals surface area contributed by atoms with Gasteiger partial charge in [-0.15, -0.1) is 0 Å². The van der Waals surface area contributed by atoms with Crippen LogP contribution in [0.25, 0.3) is 33.5 Å². The lowest BCUT2D eigenvalue weighted by molar-refractivity contribution is 0.0115. The summed E-state index contributed by atoms with van der Waals surface area (Å²) in [5.74, 6) is -0.0183. The summed E-state index contributed by atoms with van der Waals surface area (Å²) < 4.78 is 43.4. The third-order valence-corrected chi connectivity index (χ3v) is 6.49. The second-order valence-electron chi connectivity index (χ2n) is 8.93. The second-order valence-corrected chi connectivity index (χ2v) is 8.93. The fourth-order valence-corrected chi connectivity index (χ4v) is 4.68. The Morgan fingerprint density at radius 1 is 0.943 bits per heavy atom. The second kappa shape index (κ2) is 9.58. The molecule has 1 atom stereocenters. The smallest absolute Gasteiger partial charge is 0.288 e. The normalized spacial score (nSPS) is 16.1. The largest absolute Gasteiger partial charge is 0.382 e. The molecule has 35 heavy (non-hydrogen) atoms. The highest BCUT2D eigenvalue weighted by Crippen LogP contribution is 2.38. The first-order chi connectivity index (χ1) is 16.9. The van der Waals surface area contributed by atoms with Crippen LogP contribution in [0, 0.1) is 0 Å². The number of benzene rings is 2. The first-order valence-electron chi connectivity index (χ1n) is 11.6. The van der Waals surface area contributed by atoms with Crippen LogP contribution in [0.15, 0.2) is 60.7 Å². The van der Waals surface area contributed by atoms with Crippen LogP contribution in [-0.4, -0.2) is 52.0 Å². The molecule has 0 radical (unpaired) electrons. The highest BCUT2D eigenvalue weighted by atomic mass is 19.3. The molecule has 1 unspecified atom stereocenters. The summed E-state index contributed by atoms with van der Waals surface area (Å²) in [6.45, 7) is 1.95. The van der Waals surface area contributed by atoms with E-state index in [2.05, 4.69) is 27.2 Å². The maximum Gasteiger partial charge on any atom is 0.288 e. The molecule has 3 heterocycles. The quantitative estimate of drug-likeness (QED) is 0.377. The summed E-state index contributed by atoms with van der Waals surface area (Å²) >= 11 is 0. The van der Waals surface area contributed by atoms with E-state index < -0.39 is 12.7 Å². The van der Waals surface area contributed by atoms with Gasteiger partial charge in [0.25, 0.3) is 6.43 Å². The monoisotopic (exact) mass is 480 g/mol. The number of piperidine rings is 1. The summed E-state index contributed by atoms with van der Waals surface area (Å²) in [5, 5.41) is 4.20. The highest BCUT2D eigenvalue weighted by Gasteiger charge is 2.28. The molecule has 0 spiro atoms. The van der Waals surface area contributed by atoms with Crippen LogP contribution in [0.5, 0.6) is 0 Å². The van der Waals surface area contributed by atoms with Crippen LogP contribution in [0.3, 0.4) is 0 Å². The molecule has 4 aromatic rings. The molecule has 182 valence electrons. The van der Waals surface area contributed by atoms with Crippen LogP contribution in [-0.2, 0) is 0 Å². The zero-order valence-electron chi connectivity index (χ0n) is 19.3. The predicted molar refractivity (Wildman–Crippen MR) is 133 cm³/mol. The molecular weight excluding hydrogens is 453 g/mol. The van der Waals surface area contributed by atoms with E-state index in [0.29, 0.717) is 16.6 Å². The van der Waals surface area contributed by atoms with E-state index in [1.54, 1.807) is 24.3 Å². The maximum atomic E-state index is 15.0. The summed E-state index contributed by atoms with van der Waals surface area (Å²) in [6.07, 6.45) is -3.82. The highest BCUT2D eigenvalue weighted by molar-refractivity contribution is 5.96. The Bertz CT molecular complexity index is 1320. The Morgan fingerprint density at radius 2 is 1.66 bits per heavy atom. The summed E-state index contributed by atoms with van der Waals surface area (Å²) in [4.78, 5) is 10.9. The van der Waals surface area contributed by atoms with E-state index >= 15 is 4.39 Å².